The number of nitrogens with zero attached hydrogens (tertiary/aromatic N) is 4. The second kappa shape index (κ2) is 7.51. The van der Waals surface area contributed by atoms with Gasteiger partial charge in [-0.2, -0.15) is 0 Å². The smallest absolute Gasteiger partial charge is 0.320 e. The van der Waals surface area contributed by atoms with Gasteiger partial charge in [0.05, 0.1) is 23.4 Å². The Balaban J connectivity index is 1.72. The molecule has 148 valence electrons. The third-order valence-corrected chi connectivity index (χ3v) is 5.47. The molecule has 0 unspecified atom stereocenters. The fourth-order valence-electron chi connectivity index (χ4n) is 2.79. The molecule has 0 fully saturated rings. The number of ether oxygens (including phenoxy) is 1. The van der Waals surface area contributed by atoms with E-state index in [-0.39, 0.29) is 11.9 Å². The first kappa shape index (κ1) is 18.9. The van der Waals surface area contributed by atoms with Gasteiger partial charge in [0.1, 0.15) is 10.6 Å². The van der Waals surface area contributed by atoms with Crippen LogP contribution >= 0.6 is 11.3 Å². The lowest BCUT2D eigenvalue weighted by Crippen LogP contribution is -2.36. The summed E-state index contributed by atoms with van der Waals surface area (Å²) in [6, 6.07) is 11.5. The van der Waals surface area contributed by atoms with Crippen LogP contribution in [0.3, 0.4) is 0 Å². The van der Waals surface area contributed by atoms with E-state index in [1.165, 1.54) is 11.3 Å². The van der Waals surface area contributed by atoms with E-state index in [9.17, 15) is 5.11 Å². The van der Waals surface area contributed by atoms with E-state index in [4.69, 9.17) is 15.0 Å². The molecule has 1 aromatic carbocycles. The van der Waals surface area contributed by atoms with Gasteiger partial charge in [-0.1, -0.05) is 12.1 Å². The third kappa shape index (κ3) is 3.64. The summed E-state index contributed by atoms with van der Waals surface area (Å²) >= 11 is 1.20. The van der Waals surface area contributed by atoms with Gasteiger partial charge in [-0.05, 0) is 42.8 Å². The molecule has 3 aromatic heterocycles. The average Bonchev–Trinajstić information content (AvgIpc) is 3.32. The van der Waals surface area contributed by atoms with Crippen molar-refractivity contribution >= 4 is 39.0 Å². The summed E-state index contributed by atoms with van der Waals surface area (Å²) < 4.78 is 12.0. The van der Waals surface area contributed by atoms with Crippen molar-refractivity contribution in [3.8, 4) is 17.0 Å². The van der Waals surface area contributed by atoms with E-state index in [1.807, 2.05) is 50.2 Å². The number of pyridine rings is 1. The number of hydrogen-bond acceptors (Lipinski definition) is 8. The summed E-state index contributed by atoms with van der Waals surface area (Å²) in [6.07, 6.45) is 1.57. The number of nitrogen functional groups attached to an aromatic ring is 1. The second-order valence-electron chi connectivity index (χ2n) is 6.66. The van der Waals surface area contributed by atoms with Crippen LogP contribution in [0.15, 0.2) is 52.1 Å². The number of anilines is 1. The van der Waals surface area contributed by atoms with E-state index in [2.05, 4.69) is 15.2 Å². The third-order valence-electron chi connectivity index (χ3n) is 4.37. The van der Waals surface area contributed by atoms with Gasteiger partial charge in [-0.25, -0.2) is 9.98 Å². The van der Waals surface area contributed by atoms with Crippen molar-refractivity contribution in [2.24, 2.45) is 4.99 Å². The Kier molecular flexibility index (Phi) is 4.89. The van der Waals surface area contributed by atoms with Gasteiger partial charge >= 0.3 is 5.88 Å². The highest BCUT2D eigenvalue weighted by Crippen LogP contribution is 2.34. The summed E-state index contributed by atoms with van der Waals surface area (Å²) in [5.41, 5.74) is 8.24. The lowest BCUT2D eigenvalue weighted by atomic mass is 10.1. The number of rotatable bonds is 5. The van der Waals surface area contributed by atoms with Crippen LogP contribution in [0, 0.1) is 0 Å². The second-order valence-corrected chi connectivity index (χ2v) is 7.66. The molecule has 0 spiro atoms. The average molecular weight is 409 g/mol. The molecular formula is C20H19N5O3S. The topological polar surface area (TPSA) is 113 Å². The molecule has 2 N–H and O–H groups in total. The molecule has 9 heteroatoms. The molecular weight excluding hydrogens is 390 g/mol. The zero-order chi connectivity index (χ0) is 20.5. The Morgan fingerprint density at radius 3 is 2.86 bits per heavy atom. The van der Waals surface area contributed by atoms with Crippen LogP contribution in [0.5, 0.6) is 5.75 Å². The number of aliphatic imine (C=N–C) groups is 1. The molecule has 4 aromatic rings. The maximum absolute atomic E-state index is 12.6. The number of methoxy groups -OCH3 is 1. The minimum absolute atomic E-state index is 0.103. The summed E-state index contributed by atoms with van der Waals surface area (Å²) in [4.78, 5) is 9.64. The van der Waals surface area contributed by atoms with Crippen LogP contribution in [0.4, 0.5) is 11.6 Å². The van der Waals surface area contributed by atoms with Gasteiger partial charge in [0.2, 0.25) is 5.27 Å². The Hall–Kier alpha value is -3.46. The zero-order valence-electron chi connectivity index (χ0n) is 16.1. The standard InChI is InChI=1S/C20H19N5O3S/c1-11(2)25-10-16(28-24-25)23-19(26)18-17(21)14-7-8-15(22-20(14)29-18)12-5-4-6-13(9-12)27-3/h4-11H,1-3H3,(H2-,21,23,24,26). The molecule has 8 nitrogen and oxygen atoms in total. The SMILES string of the molecule is COc1cccc(-c2ccc3c(N)c(/C([O-])=N/c4c[n+](C(C)C)no4)sc3n2)c1. The molecule has 3 heterocycles. The molecule has 0 aliphatic carbocycles. The fourth-order valence-corrected chi connectivity index (χ4v) is 3.77. The van der Waals surface area contributed by atoms with Crippen LogP contribution < -0.4 is 20.3 Å². The maximum atomic E-state index is 12.6. The van der Waals surface area contributed by atoms with Crippen LogP contribution in [0.2, 0.25) is 0 Å². The Bertz CT molecular complexity index is 1210. The summed E-state index contributed by atoms with van der Waals surface area (Å²) in [5, 5.41) is 17.2. The van der Waals surface area contributed by atoms with Crippen molar-refractivity contribution in [1.29, 1.82) is 0 Å². The number of aromatic nitrogens is 3. The molecule has 0 amide bonds. The van der Waals surface area contributed by atoms with Crippen molar-refractivity contribution in [2.45, 2.75) is 19.9 Å². The highest BCUT2D eigenvalue weighted by molar-refractivity contribution is 7.21. The van der Waals surface area contributed by atoms with Gasteiger partial charge in [0.25, 0.3) is 6.20 Å². The van der Waals surface area contributed by atoms with Crippen molar-refractivity contribution in [3.63, 3.8) is 0 Å². The van der Waals surface area contributed by atoms with Crippen LogP contribution in [0.1, 0.15) is 24.8 Å². The minimum atomic E-state index is -0.486. The van der Waals surface area contributed by atoms with E-state index in [1.54, 1.807) is 18.0 Å². The first-order chi connectivity index (χ1) is 14.0. The van der Waals surface area contributed by atoms with Gasteiger partial charge in [0, 0.05) is 16.8 Å². The number of thiophene rings is 1. The molecule has 0 bridgehead atoms. The Morgan fingerprint density at radius 1 is 1.31 bits per heavy atom. The van der Waals surface area contributed by atoms with E-state index in [0.717, 1.165) is 22.4 Å². The summed E-state index contributed by atoms with van der Waals surface area (Å²) in [6.45, 7) is 3.90. The molecule has 0 radical (unpaired) electrons. The maximum Gasteiger partial charge on any atom is 0.320 e. The first-order valence-corrected chi connectivity index (χ1v) is 9.75. The molecule has 4 rings (SSSR count). The van der Waals surface area contributed by atoms with Gasteiger partial charge < -0.3 is 15.6 Å². The largest absolute Gasteiger partial charge is 0.857 e. The molecule has 29 heavy (non-hydrogen) atoms. The number of hydrogen-bond donors (Lipinski definition) is 1. The monoisotopic (exact) mass is 409 g/mol. The van der Waals surface area contributed by atoms with Crippen molar-refractivity contribution in [2.75, 3.05) is 12.8 Å². The van der Waals surface area contributed by atoms with E-state index < -0.39 is 5.90 Å². The predicted molar refractivity (Wildman–Crippen MR) is 109 cm³/mol. The molecule has 0 aliphatic heterocycles. The molecule has 0 saturated heterocycles. The zero-order valence-corrected chi connectivity index (χ0v) is 16.9. The lowest BCUT2D eigenvalue weighted by Gasteiger charge is -2.06. The normalized spacial score (nSPS) is 12.1. The predicted octanol–water partition coefficient (Wildman–Crippen LogP) is 2.85. The Labute approximate surface area is 170 Å². The molecule has 0 saturated carbocycles. The van der Waals surface area contributed by atoms with E-state index >= 15 is 0 Å². The van der Waals surface area contributed by atoms with Crippen LogP contribution in [-0.2, 0) is 0 Å². The fraction of sp³-hybridized carbons (Fsp3) is 0.200. The van der Waals surface area contributed by atoms with E-state index in [0.29, 0.717) is 15.4 Å². The molecule has 0 atom stereocenters. The number of benzene rings is 1. The summed E-state index contributed by atoms with van der Waals surface area (Å²) in [5.74, 6) is 0.390. The van der Waals surface area contributed by atoms with Crippen molar-refractivity contribution < 1.29 is 19.0 Å². The van der Waals surface area contributed by atoms with Crippen molar-refractivity contribution in [3.05, 3.63) is 47.5 Å². The summed E-state index contributed by atoms with van der Waals surface area (Å²) in [7, 11) is 1.62. The van der Waals surface area contributed by atoms with Crippen LogP contribution in [0.25, 0.3) is 21.5 Å². The number of fused-ring (bicyclic) bond motifs is 1. The number of nitrogens with two attached hydrogens (primary N) is 1. The first-order valence-electron chi connectivity index (χ1n) is 8.94. The Morgan fingerprint density at radius 2 is 2.14 bits per heavy atom. The highest BCUT2D eigenvalue weighted by atomic mass is 32.1. The minimum Gasteiger partial charge on any atom is -0.857 e. The van der Waals surface area contributed by atoms with Gasteiger partial charge in [0.15, 0.2) is 6.04 Å². The van der Waals surface area contributed by atoms with Gasteiger partial charge in [-0.15, -0.1) is 11.3 Å². The lowest BCUT2D eigenvalue weighted by molar-refractivity contribution is -0.779. The van der Waals surface area contributed by atoms with Crippen LogP contribution in [-0.4, -0.2) is 23.3 Å². The van der Waals surface area contributed by atoms with Crippen molar-refractivity contribution in [1.82, 2.24) is 10.3 Å². The molecule has 0 aliphatic rings. The van der Waals surface area contributed by atoms with Gasteiger partial charge in [-0.3, -0.25) is 4.52 Å². The highest BCUT2D eigenvalue weighted by Gasteiger charge is 2.16. The quantitative estimate of drug-likeness (QED) is 0.308.